The molecule has 0 aliphatic carbocycles. The van der Waals surface area contributed by atoms with Gasteiger partial charge in [0.25, 0.3) is 0 Å². The number of aldehydes is 1. The number of benzene rings is 1. The maximum Gasteiger partial charge on any atom is 0.234 e. The molecule has 41 heavy (non-hydrogen) atoms. The zero-order valence-corrected chi connectivity index (χ0v) is 26.0. The van der Waals surface area contributed by atoms with Crippen molar-refractivity contribution in [2.24, 2.45) is 5.73 Å². The maximum atomic E-state index is 11.7. The van der Waals surface area contributed by atoms with Crippen molar-refractivity contribution in [1.82, 2.24) is 20.4 Å². The molecule has 3 atom stereocenters. The van der Waals surface area contributed by atoms with E-state index in [1.54, 1.807) is 7.05 Å². The predicted molar refractivity (Wildman–Crippen MR) is 164 cm³/mol. The van der Waals surface area contributed by atoms with E-state index in [0.29, 0.717) is 37.9 Å². The van der Waals surface area contributed by atoms with E-state index in [0.717, 1.165) is 38.0 Å². The van der Waals surface area contributed by atoms with Crippen LogP contribution in [0.1, 0.15) is 64.9 Å². The molecule has 3 aliphatic heterocycles. The van der Waals surface area contributed by atoms with E-state index in [2.05, 4.69) is 66.1 Å². The second-order valence-electron chi connectivity index (χ2n) is 10.8. The fourth-order valence-corrected chi connectivity index (χ4v) is 4.81. The summed E-state index contributed by atoms with van der Waals surface area (Å²) in [5, 5.41) is 5.58. The van der Waals surface area contributed by atoms with E-state index in [4.69, 9.17) is 14.3 Å². The summed E-state index contributed by atoms with van der Waals surface area (Å²) in [4.78, 5) is 36.4. The SMILES string of the molecule is CCCC.CNCC(=O)NC(C=O)CN(CCC1CCC(C)N1C)C1COC1.NC=O.c1ccc2c(c1)CCCO2. The first kappa shape index (κ1) is 36.5. The van der Waals surface area contributed by atoms with E-state index < -0.39 is 6.04 Å². The number of nitrogens with two attached hydrogens (primary N) is 1. The first-order valence-corrected chi connectivity index (χ1v) is 15.1. The molecule has 0 saturated carbocycles. The Kier molecular flexibility index (Phi) is 19.7. The predicted octanol–water partition coefficient (Wildman–Crippen LogP) is 2.38. The zero-order valence-electron chi connectivity index (χ0n) is 26.0. The molecule has 2 saturated heterocycles. The Balaban J connectivity index is 0.000000402. The molecular weight excluding hydrogens is 522 g/mol. The number of rotatable bonds is 11. The second kappa shape index (κ2) is 22.1. The third-order valence-electron chi connectivity index (χ3n) is 7.68. The number of amides is 2. The van der Waals surface area contributed by atoms with Crippen molar-refractivity contribution in [1.29, 1.82) is 0 Å². The summed E-state index contributed by atoms with van der Waals surface area (Å²) in [5.41, 5.74) is 5.52. The molecule has 2 amide bonds. The minimum absolute atomic E-state index is 0.149. The molecule has 2 fully saturated rings. The minimum Gasteiger partial charge on any atom is -0.493 e. The molecule has 10 nitrogen and oxygen atoms in total. The Labute approximate surface area is 247 Å². The zero-order chi connectivity index (χ0) is 30.5. The summed E-state index contributed by atoms with van der Waals surface area (Å²) < 4.78 is 10.7. The van der Waals surface area contributed by atoms with Gasteiger partial charge in [0.1, 0.15) is 12.0 Å². The van der Waals surface area contributed by atoms with Gasteiger partial charge in [0.05, 0.1) is 38.4 Å². The lowest BCUT2D eigenvalue weighted by Crippen LogP contribution is -2.55. The van der Waals surface area contributed by atoms with Gasteiger partial charge < -0.3 is 35.5 Å². The summed E-state index contributed by atoms with van der Waals surface area (Å²) in [5.74, 6) is 0.928. The topological polar surface area (TPSA) is 126 Å². The molecule has 3 heterocycles. The second-order valence-corrected chi connectivity index (χ2v) is 10.8. The number of likely N-dealkylation sites (N-methyl/N-ethyl adjacent to an activating group) is 1. The highest BCUT2D eigenvalue weighted by molar-refractivity contribution is 5.81. The van der Waals surface area contributed by atoms with Gasteiger partial charge in [-0.2, -0.15) is 0 Å². The number of aryl methyl sites for hydroxylation is 1. The number of nitrogens with one attached hydrogen (secondary N) is 2. The highest BCUT2D eigenvalue weighted by Crippen LogP contribution is 2.25. The minimum atomic E-state index is -0.466. The lowest BCUT2D eigenvalue weighted by molar-refractivity contribution is -0.124. The molecule has 3 unspecified atom stereocenters. The fourth-order valence-electron chi connectivity index (χ4n) is 4.81. The van der Waals surface area contributed by atoms with Crippen LogP contribution in [0.5, 0.6) is 5.75 Å². The largest absolute Gasteiger partial charge is 0.493 e. The van der Waals surface area contributed by atoms with Crippen LogP contribution in [-0.2, 0) is 25.5 Å². The van der Waals surface area contributed by atoms with Crippen molar-refractivity contribution in [2.45, 2.75) is 89.9 Å². The molecule has 1 aromatic rings. The van der Waals surface area contributed by atoms with Crippen molar-refractivity contribution >= 4 is 18.6 Å². The summed E-state index contributed by atoms with van der Waals surface area (Å²) in [6.45, 7) is 10.7. The van der Waals surface area contributed by atoms with Gasteiger partial charge in [0, 0.05) is 25.2 Å². The van der Waals surface area contributed by atoms with Crippen LogP contribution in [0.15, 0.2) is 24.3 Å². The Morgan fingerprint density at radius 3 is 2.39 bits per heavy atom. The third kappa shape index (κ3) is 14.3. The Morgan fingerprint density at radius 2 is 1.88 bits per heavy atom. The van der Waals surface area contributed by atoms with E-state index in [-0.39, 0.29) is 18.9 Å². The van der Waals surface area contributed by atoms with Crippen LogP contribution >= 0.6 is 0 Å². The lowest BCUT2D eigenvalue weighted by atomic mass is 10.1. The number of hydrogen-bond acceptors (Lipinski definition) is 8. The number of ether oxygens (including phenoxy) is 2. The van der Waals surface area contributed by atoms with Crippen LogP contribution in [0.3, 0.4) is 0 Å². The number of hydrogen-bond donors (Lipinski definition) is 3. The Morgan fingerprint density at radius 1 is 1.20 bits per heavy atom. The smallest absolute Gasteiger partial charge is 0.234 e. The van der Waals surface area contributed by atoms with Gasteiger partial charge in [-0.15, -0.1) is 0 Å². The van der Waals surface area contributed by atoms with Crippen LogP contribution in [0, 0.1) is 0 Å². The van der Waals surface area contributed by atoms with Crippen molar-refractivity contribution in [3.8, 4) is 5.75 Å². The molecule has 0 spiro atoms. The van der Waals surface area contributed by atoms with E-state index in [9.17, 15) is 9.59 Å². The molecule has 0 radical (unpaired) electrons. The van der Waals surface area contributed by atoms with Gasteiger partial charge in [-0.3, -0.25) is 14.5 Å². The summed E-state index contributed by atoms with van der Waals surface area (Å²) >= 11 is 0. The van der Waals surface area contributed by atoms with Gasteiger partial charge in [-0.25, -0.2) is 0 Å². The standard InChI is InChI=1S/C17H32N4O3.C9H10O.C4H10.CH3NO/c1-13-4-5-15(20(13)3)6-7-21(16-11-24-12-16)9-14(10-22)19-17(23)8-18-2;1-2-6-9-8(4-1)5-3-7-10-9;1-3-4-2;2-1-3/h10,13-16,18H,4-9,11-12H2,1-3H3,(H,19,23);1-2,4,6H,3,5,7H2;3-4H2,1-2H3;1H,(H2,2,3). The van der Waals surface area contributed by atoms with Crippen molar-refractivity contribution in [3.05, 3.63) is 29.8 Å². The molecule has 3 aliphatic rings. The molecule has 0 bridgehead atoms. The summed E-state index contributed by atoms with van der Waals surface area (Å²) in [6, 6.07) is 9.40. The van der Waals surface area contributed by atoms with E-state index in [1.807, 2.05) is 12.1 Å². The van der Waals surface area contributed by atoms with Crippen molar-refractivity contribution in [3.63, 3.8) is 0 Å². The number of nitrogens with zero attached hydrogens (tertiary/aromatic N) is 2. The summed E-state index contributed by atoms with van der Waals surface area (Å²) in [7, 11) is 3.91. The molecule has 4 N–H and O–H groups in total. The normalized spacial score (nSPS) is 20.2. The van der Waals surface area contributed by atoms with E-state index >= 15 is 0 Å². The van der Waals surface area contributed by atoms with Crippen LogP contribution in [0.4, 0.5) is 0 Å². The average molecular weight is 578 g/mol. The monoisotopic (exact) mass is 577 g/mol. The number of para-hydroxylation sites is 1. The van der Waals surface area contributed by atoms with Crippen molar-refractivity contribution < 1.29 is 23.9 Å². The van der Waals surface area contributed by atoms with Gasteiger partial charge in [0.2, 0.25) is 12.3 Å². The number of likely N-dealkylation sites (tertiary alicyclic amines) is 1. The highest BCUT2D eigenvalue weighted by Gasteiger charge is 2.31. The summed E-state index contributed by atoms with van der Waals surface area (Å²) in [6.07, 6.45) is 9.65. The lowest BCUT2D eigenvalue weighted by Gasteiger charge is -2.39. The Bertz CT molecular complexity index is 827. The average Bonchev–Trinajstić information content (AvgIpc) is 3.28. The maximum absolute atomic E-state index is 11.7. The van der Waals surface area contributed by atoms with Crippen molar-refractivity contribution in [2.75, 3.05) is 53.6 Å². The molecule has 4 rings (SSSR count). The quantitative estimate of drug-likeness (QED) is 0.342. The van der Waals surface area contributed by atoms with Gasteiger partial charge in [-0.1, -0.05) is 44.9 Å². The highest BCUT2D eigenvalue weighted by atomic mass is 16.5. The van der Waals surface area contributed by atoms with Crippen LogP contribution in [0.25, 0.3) is 0 Å². The van der Waals surface area contributed by atoms with Crippen LogP contribution < -0.4 is 21.1 Å². The molecule has 1 aromatic carbocycles. The molecular formula is C31H55N5O5. The number of unbranched alkanes of at least 4 members (excludes halogenated alkanes) is 1. The van der Waals surface area contributed by atoms with Gasteiger partial charge in [-0.05, 0) is 64.8 Å². The Hall–Kier alpha value is -2.53. The van der Waals surface area contributed by atoms with Crippen LogP contribution in [-0.4, -0.2) is 106 Å². The number of fused-ring (bicyclic) bond motifs is 1. The van der Waals surface area contributed by atoms with Gasteiger partial charge >= 0.3 is 0 Å². The molecule has 234 valence electrons. The van der Waals surface area contributed by atoms with Crippen LogP contribution in [0.2, 0.25) is 0 Å². The van der Waals surface area contributed by atoms with Gasteiger partial charge in [0.15, 0.2) is 0 Å². The third-order valence-corrected chi connectivity index (χ3v) is 7.68. The number of carbonyl (C=O) groups is 3. The van der Waals surface area contributed by atoms with E-state index in [1.165, 1.54) is 37.7 Å². The molecule has 10 heteroatoms. The first-order valence-electron chi connectivity index (χ1n) is 15.1. The first-order chi connectivity index (χ1) is 19.8. The fraction of sp³-hybridized carbons (Fsp3) is 0.710. The number of primary amides is 1. The number of carbonyl (C=O) groups excluding carboxylic acids is 3. The molecule has 0 aromatic heterocycles.